The molecule has 22 heavy (non-hydrogen) atoms. The van der Waals surface area contributed by atoms with Crippen molar-refractivity contribution < 1.29 is 4.79 Å². The third-order valence-corrected chi connectivity index (χ3v) is 5.13. The lowest BCUT2D eigenvalue weighted by Gasteiger charge is -2.24. The van der Waals surface area contributed by atoms with Crippen LogP contribution in [0.5, 0.6) is 0 Å². The second-order valence-electron chi connectivity index (χ2n) is 5.89. The lowest BCUT2D eigenvalue weighted by Crippen LogP contribution is -2.39. The number of nitrogens with zero attached hydrogens (tertiary/aromatic N) is 4. The summed E-state index contributed by atoms with van der Waals surface area (Å²) in [5.74, 6) is 0.194. The van der Waals surface area contributed by atoms with Gasteiger partial charge in [-0.05, 0) is 31.7 Å². The molecular formula is C16H22N4OS. The van der Waals surface area contributed by atoms with Crippen molar-refractivity contribution in [3.05, 3.63) is 34.0 Å². The molecule has 5 nitrogen and oxygen atoms in total. The van der Waals surface area contributed by atoms with E-state index >= 15 is 0 Å². The van der Waals surface area contributed by atoms with Crippen LogP contribution in [0.4, 0.5) is 0 Å². The molecule has 1 unspecified atom stereocenters. The number of amides is 1. The zero-order chi connectivity index (χ0) is 15.5. The van der Waals surface area contributed by atoms with E-state index in [1.54, 1.807) is 11.3 Å². The van der Waals surface area contributed by atoms with Crippen LogP contribution < -0.4 is 0 Å². The average Bonchev–Trinajstić information content (AvgIpc) is 3.21. The van der Waals surface area contributed by atoms with Crippen molar-refractivity contribution in [2.45, 2.75) is 52.1 Å². The summed E-state index contributed by atoms with van der Waals surface area (Å²) in [6.07, 6.45) is 7.39. The van der Waals surface area contributed by atoms with Gasteiger partial charge in [-0.3, -0.25) is 9.48 Å². The maximum atomic E-state index is 12.6. The van der Waals surface area contributed by atoms with Crippen LogP contribution in [-0.4, -0.2) is 38.2 Å². The number of aryl methyl sites for hydroxylation is 2. The Bertz CT molecular complexity index is 648. The van der Waals surface area contributed by atoms with E-state index in [1.807, 2.05) is 34.3 Å². The van der Waals surface area contributed by atoms with Crippen LogP contribution in [0.25, 0.3) is 0 Å². The number of rotatable bonds is 5. The number of hydrogen-bond acceptors (Lipinski definition) is 4. The predicted octanol–water partition coefficient (Wildman–Crippen LogP) is 2.44. The number of hydrogen-bond donors (Lipinski definition) is 0. The normalized spacial score (nSPS) is 18.1. The lowest BCUT2D eigenvalue weighted by atomic mass is 10.2. The van der Waals surface area contributed by atoms with Crippen molar-refractivity contribution in [2.75, 3.05) is 6.54 Å². The molecule has 0 aromatic carbocycles. The molecular weight excluding hydrogens is 296 g/mol. The Kier molecular flexibility index (Phi) is 4.57. The molecule has 1 fully saturated rings. The van der Waals surface area contributed by atoms with Gasteiger partial charge in [-0.2, -0.15) is 5.10 Å². The Balaban J connectivity index is 1.63. The molecule has 1 amide bonds. The Morgan fingerprint density at radius 1 is 1.50 bits per heavy atom. The van der Waals surface area contributed by atoms with Crippen molar-refractivity contribution in [3.8, 4) is 0 Å². The van der Waals surface area contributed by atoms with E-state index in [9.17, 15) is 4.79 Å². The number of aromatic nitrogens is 3. The van der Waals surface area contributed by atoms with E-state index in [4.69, 9.17) is 0 Å². The van der Waals surface area contributed by atoms with Gasteiger partial charge < -0.3 is 4.90 Å². The van der Waals surface area contributed by atoms with E-state index in [0.29, 0.717) is 6.42 Å². The molecule has 0 N–H and O–H groups in total. The molecule has 0 spiro atoms. The standard InChI is InChI=1S/C16H22N4OS/c1-3-15-18-13(11-22-15)7-16(21)20-6-4-5-14(20)10-19-9-12(2)8-17-19/h8-9,11,14H,3-7,10H2,1-2H3. The number of carbonyl (C=O) groups excluding carboxylic acids is 1. The van der Waals surface area contributed by atoms with Gasteiger partial charge in [0.2, 0.25) is 5.91 Å². The fourth-order valence-electron chi connectivity index (χ4n) is 2.99. The van der Waals surface area contributed by atoms with E-state index in [0.717, 1.165) is 48.6 Å². The summed E-state index contributed by atoms with van der Waals surface area (Å²) in [7, 11) is 0. The third kappa shape index (κ3) is 3.38. The van der Waals surface area contributed by atoms with Gasteiger partial charge in [0, 0.05) is 18.1 Å². The zero-order valence-corrected chi connectivity index (χ0v) is 14.0. The quantitative estimate of drug-likeness (QED) is 0.851. The van der Waals surface area contributed by atoms with Crippen LogP contribution in [-0.2, 0) is 24.2 Å². The monoisotopic (exact) mass is 318 g/mol. The predicted molar refractivity (Wildman–Crippen MR) is 86.9 cm³/mol. The first-order valence-corrected chi connectivity index (χ1v) is 8.75. The first-order valence-electron chi connectivity index (χ1n) is 7.87. The SMILES string of the molecule is CCc1nc(CC(=O)N2CCCC2Cn2cc(C)cn2)cs1. The number of likely N-dealkylation sites (tertiary alicyclic amines) is 1. The van der Waals surface area contributed by atoms with Crippen LogP contribution in [0.1, 0.15) is 36.0 Å². The van der Waals surface area contributed by atoms with E-state index in [1.165, 1.54) is 0 Å². The summed E-state index contributed by atoms with van der Waals surface area (Å²) in [6.45, 7) is 5.77. The molecule has 3 heterocycles. The molecule has 2 aromatic heterocycles. The van der Waals surface area contributed by atoms with Gasteiger partial charge in [0.25, 0.3) is 0 Å². The molecule has 0 bridgehead atoms. The summed E-state index contributed by atoms with van der Waals surface area (Å²) < 4.78 is 1.95. The highest BCUT2D eigenvalue weighted by Crippen LogP contribution is 2.21. The largest absolute Gasteiger partial charge is 0.338 e. The number of thiazole rings is 1. The molecule has 1 atom stereocenters. The summed E-state index contributed by atoms with van der Waals surface area (Å²) in [6, 6.07) is 0.260. The highest BCUT2D eigenvalue weighted by atomic mass is 32.1. The van der Waals surface area contributed by atoms with E-state index in [2.05, 4.69) is 17.0 Å². The average molecular weight is 318 g/mol. The van der Waals surface area contributed by atoms with Gasteiger partial charge in [0.1, 0.15) is 0 Å². The summed E-state index contributed by atoms with van der Waals surface area (Å²) in [4.78, 5) is 19.1. The third-order valence-electron chi connectivity index (χ3n) is 4.09. The van der Waals surface area contributed by atoms with Gasteiger partial charge in [-0.1, -0.05) is 6.92 Å². The fraction of sp³-hybridized carbons (Fsp3) is 0.562. The molecule has 118 valence electrons. The van der Waals surface area contributed by atoms with Crippen LogP contribution in [0.2, 0.25) is 0 Å². The summed E-state index contributed by atoms with van der Waals surface area (Å²) in [5, 5.41) is 7.46. The van der Waals surface area contributed by atoms with Gasteiger partial charge in [0.05, 0.1) is 35.9 Å². The number of carbonyl (C=O) groups is 1. The maximum Gasteiger partial charge on any atom is 0.228 e. The fourth-order valence-corrected chi connectivity index (χ4v) is 3.73. The summed E-state index contributed by atoms with van der Waals surface area (Å²) in [5.41, 5.74) is 2.07. The van der Waals surface area contributed by atoms with Crippen LogP contribution in [0.3, 0.4) is 0 Å². The molecule has 1 saturated heterocycles. The van der Waals surface area contributed by atoms with Crippen molar-refractivity contribution in [1.29, 1.82) is 0 Å². The highest BCUT2D eigenvalue weighted by Gasteiger charge is 2.29. The zero-order valence-electron chi connectivity index (χ0n) is 13.2. The van der Waals surface area contributed by atoms with E-state index < -0.39 is 0 Å². The first-order chi connectivity index (χ1) is 10.7. The molecule has 2 aromatic rings. The second kappa shape index (κ2) is 6.60. The molecule has 0 saturated carbocycles. The molecule has 1 aliphatic heterocycles. The summed E-state index contributed by atoms with van der Waals surface area (Å²) >= 11 is 1.64. The van der Waals surface area contributed by atoms with Crippen molar-refractivity contribution in [2.24, 2.45) is 0 Å². The molecule has 0 aliphatic carbocycles. The lowest BCUT2D eigenvalue weighted by molar-refractivity contribution is -0.131. The topological polar surface area (TPSA) is 51.0 Å². The Labute approximate surface area is 135 Å². The minimum absolute atomic E-state index is 0.194. The van der Waals surface area contributed by atoms with E-state index in [-0.39, 0.29) is 11.9 Å². The minimum atomic E-state index is 0.194. The molecule has 6 heteroatoms. The van der Waals surface area contributed by atoms with Gasteiger partial charge in [0.15, 0.2) is 0 Å². The van der Waals surface area contributed by atoms with Crippen molar-refractivity contribution in [3.63, 3.8) is 0 Å². The van der Waals surface area contributed by atoms with Gasteiger partial charge in [-0.25, -0.2) is 4.98 Å². The van der Waals surface area contributed by atoms with Crippen molar-refractivity contribution in [1.82, 2.24) is 19.7 Å². The molecule has 0 radical (unpaired) electrons. The van der Waals surface area contributed by atoms with Crippen LogP contribution in [0, 0.1) is 6.92 Å². The van der Waals surface area contributed by atoms with Crippen LogP contribution in [0.15, 0.2) is 17.8 Å². The highest BCUT2D eigenvalue weighted by molar-refractivity contribution is 7.09. The maximum absolute atomic E-state index is 12.6. The minimum Gasteiger partial charge on any atom is -0.338 e. The Morgan fingerprint density at radius 3 is 3.05 bits per heavy atom. The Hall–Kier alpha value is -1.69. The van der Waals surface area contributed by atoms with Gasteiger partial charge in [-0.15, -0.1) is 11.3 Å². The second-order valence-corrected chi connectivity index (χ2v) is 6.83. The van der Waals surface area contributed by atoms with Crippen molar-refractivity contribution >= 4 is 17.2 Å². The van der Waals surface area contributed by atoms with Gasteiger partial charge >= 0.3 is 0 Å². The molecule has 1 aliphatic rings. The van der Waals surface area contributed by atoms with Crippen LogP contribution >= 0.6 is 11.3 Å². The molecule has 3 rings (SSSR count). The first kappa shape index (κ1) is 15.2. The Morgan fingerprint density at radius 2 is 2.36 bits per heavy atom. The smallest absolute Gasteiger partial charge is 0.228 e.